The number of benzene rings is 1. The average molecular weight is 267 g/mol. The van der Waals surface area contributed by atoms with Crippen molar-refractivity contribution >= 4 is 29.0 Å². The van der Waals surface area contributed by atoms with Crippen molar-refractivity contribution in [2.75, 3.05) is 6.54 Å². The number of nitrogens with zero attached hydrogens (tertiary/aromatic N) is 2. The minimum Gasteiger partial charge on any atom is -0.387 e. The molecule has 0 saturated heterocycles. The summed E-state index contributed by atoms with van der Waals surface area (Å²) >= 11 is 5.89. The third-order valence-electron chi connectivity index (χ3n) is 2.27. The van der Waals surface area contributed by atoms with E-state index in [1.54, 1.807) is 12.1 Å². The molecule has 0 fully saturated rings. The predicted molar refractivity (Wildman–Crippen MR) is 78.7 cm³/mol. The topological polar surface area (TPSA) is 76.8 Å². The van der Waals surface area contributed by atoms with E-state index < -0.39 is 0 Å². The van der Waals surface area contributed by atoms with Crippen LogP contribution in [0.4, 0.5) is 5.69 Å². The van der Waals surface area contributed by atoms with Gasteiger partial charge in [0.05, 0.1) is 12.2 Å². The molecule has 0 bridgehead atoms. The van der Waals surface area contributed by atoms with Crippen molar-refractivity contribution in [2.45, 2.75) is 20.8 Å². The van der Waals surface area contributed by atoms with Crippen molar-refractivity contribution in [1.29, 1.82) is 0 Å². The first-order chi connectivity index (χ1) is 8.32. The van der Waals surface area contributed by atoms with Gasteiger partial charge in [-0.2, -0.15) is 0 Å². The smallest absolute Gasteiger partial charge is 0.144 e. The Labute approximate surface area is 113 Å². The molecule has 1 aromatic rings. The lowest BCUT2D eigenvalue weighted by Gasteiger charge is -2.17. The van der Waals surface area contributed by atoms with Gasteiger partial charge in [0.15, 0.2) is 0 Å². The van der Waals surface area contributed by atoms with Crippen LogP contribution in [0.2, 0.25) is 5.02 Å². The van der Waals surface area contributed by atoms with Gasteiger partial charge in [-0.3, -0.25) is 0 Å². The molecular weight excluding hydrogens is 248 g/mol. The van der Waals surface area contributed by atoms with Crippen molar-refractivity contribution in [3.63, 3.8) is 0 Å². The second-order valence-corrected chi connectivity index (χ2v) is 5.40. The highest BCUT2D eigenvalue weighted by molar-refractivity contribution is 6.30. The molecule has 5 heteroatoms. The summed E-state index contributed by atoms with van der Waals surface area (Å²) in [7, 11) is 0. The van der Waals surface area contributed by atoms with E-state index in [0.29, 0.717) is 22.4 Å². The molecule has 0 amide bonds. The molecule has 0 aliphatic rings. The summed E-state index contributed by atoms with van der Waals surface area (Å²) < 4.78 is 0. The minimum absolute atomic E-state index is 0.204. The highest BCUT2D eigenvalue weighted by Gasteiger charge is 2.15. The highest BCUT2D eigenvalue weighted by Crippen LogP contribution is 2.18. The van der Waals surface area contributed by atoms with Gasteiger partial charge in [0.25, 0.3) is 0 Å². The molecule has 4 nitrogen and oxygen atoms in total. The fourth-order valence-electron chi connectivity index (χ4n) is 1.12. The fourth-order valence-corrected chi connectivity index (χ4v) is 1.30. The van der Waals surface area contributed by atoms with Crippen molar-refractivity contribution in [3.05, 3.63) is 29.3 Å². The molecule has 0 aliphatic heterocycles. The SMILES string of the molecule is CC(C)(C)C(N)=NC(CN)=Nc1cccc(Cl)c1. The van der Waals surface area contributed by atoms with Crippen molar-refractivity contribution in [3.8, 4) is 0 Å². The van der Waals surface area contributed by atoms with Gasteiger partial charge in [-0.25, -0.2) is 9.98 Å². The van der Waals surface area contributed by atoms with Crippen LogP contribution in [0.1, 0.15) is 20.8 Å². The Morgan fingerprint density at radius 2 is 2.00 bits per heavy atom. The van der Waals surface area contributed by atoms with Crippen LogP contribution in [0.3, 0.4) is 0 Å². The monoisotopic (exact) mass is 266 g/mol. The second-order valence-electron chi connectivity index (χ2n) is 4.96. The Bertz CT molecular complexity index is 472. The van der Waals surface area contributed by atoms with Crippen LogP contribution in [0.5, 0.6) is 0 Å². The number of nitrogens with two attached hydrogens (primary N) is 2. The van der Waals surface area contributed by atoms with E-state index in [2.05, 4.69) is 9.98 Å². The molecule has 0 radical (unpaired) electrons. The van der Waals surface area contributed by atoms with Crippen LogP contribution >= 0.6 is 11.6 Å². The first-order valence-corrected chi connectivity index (χ1v) is 6.08. The lowest BCUT2D eigenvalue weighted by atomic mass is 9.95. The van der Waals surface area contributed by atoms with Crippen molar-refractivity contribution in [1.82, 2.24) is 0 Å². The fraction of sp³-hybridized carbons (Fsp3) is 0.385. The zero-order valence-corrected chi connectivity index (χ0v) is 11.7. The molecule has 18 heavy (non-hydrogen) atoms. The summed E-state index contributed by atoms with van der Waals surface area (Å²) in [5, 5.41) is 0.625. The Balaban J connectivity index is 3.04. The summed E-state index contributed by atoms with van der Waals surface area (Å²) in [6, 6.07) is 7.20. The Hall–Kier alpha value is -1.39. The van der Waals surface area contributed by atoms with Gasteiger partial charge in [-0.05, 0) is 18.2 Å². The maximum absolute atomic E-state index is 5.90. The molecule has 1 rings (SSSR count). The molecule has 0 unspecified atom stereocenters. The van der Waals surface area contributed by atoms with Crippen molar-refractivity contribution in [2.24, 2.45) is 26.9 Å². The quantitative estimate of drug-likeness (QED) is 0.638. The summed E-state index contributed by atoms with van der Waals surface area (Å²) in [6.45, 7) is 6.18. The molecule has 0 heterocycles. The molecule has 1 aromatic carbocycles. The number of hydrogen-bond acceptors (Lipinski definition) is 2. The molecule has 0 atom stereocenters. The van der Waals surface area contributed by atoms with Gasteiger partial charge in [0.1, 0.15) is 11.7 Å². The lowest BCUT2D eigenvalue weighted by molar-refractivity contribution is 0.585. The van der Waals surface area contributed by atoms with Gasteiger partial charge in [-0.1, -0.05) is 38.4 Å². The second kappa shape index (κ2) is 5.98. The maximum Gasteiger partial charge on any atom is 0.144 e. The molecule has 0 spiro atoms. The standard InChI is InChI=1S/C13H19ClN4/c1-13(2,3)12(16)18-11(8-15)17-10-6-4-5-9(14)7-10/h4-7H,8,15H2,1-3H3,(H2,16,17,18). The van der Waals surface area contributed by atoms with Crippen LogP contribution in [0, 0.1) is 5.41 Å². The van der Waals surface area contributed by atoms with Crippen LogP contribution in [-0.2, 0) is 0 Å². The van der Waals surface area contributed by atoms with Crippen LogP contribution < -0.4 is 11.5 Å². The zero-order valence-electron chi connectivity index (χ0n) is 10.9. The van der Waals surface area contributed by atoms with Gasteiger partial charge in [0, 0.05) is 10.4 Å². The van der Waals surface area contributed by atoms with Crippen LogP contribution in [0.15, 0.2) is 34.3 Å². The van der Waals surface area contributed by atoms with E-state index in [-0.39, 0.29) is 12.0 Å². The average Bonchev–Trinajstić information content (AvgIpc) is 2.26. The molecular formula is C13H19ClN4. The Morgan fingerprint density at radius 1 is 1.33 bits per heavy atom. The number of amidine groups is 2. The number of hydrogen-bond donors (Lipinski definition) is 2. The van der Waals surface area contributed by atoms with Gasteiger partial charge in [0.2, 0.25) is 0 Å². The van der Waals surface area contributed by atoms with E-state index in [0.717, 1.165) is 0 Å². The first kappa shape index (κ1) is 14.7. The minimum atomic E-state index is -0.204. The van der Waals surface area contributed by atoms with Gasteiger partial charge >= 0.3 is 0 Å². The molecule has 0 saturated carbocycles. The number of rotatable bonds is 2. The summed E-state index contributed by atoms with van der Waals surface area (Å²) in [5.41, 5.74) is 12.0. The predicted octanol–water partition coefficient (Wildman–Crippen LogP) is 2.73. The zero-order chi connectivity index (χ0) is 13.8. The number of aliphatic imine (C=N–C) groups is 2. The van der Waals surface area contributed by atoms with E-state index in [1.807, 2.05) is 32.9 Å². The van der Waals surface area contributed by atoms with E-state index >= 15 is 0 Å². The van der Waals surface area contributed by atoms with Crippen molar-refractivity contribution < 1.29 is 0 Å². The largest absolute Gasteiger partial charge is 0.387 e. The maximum atomic E-state index is 5.90. The first-order valence-electron chi connectivity index (χ1n) is 5.71. The summed E-state index contributed by atoms with van der Waals surface area (Å²) in [4.78, 5) is 8.60. The molecule has 4 N–H and O–H groups in total. The Kier molecular flexibility index (Phi) is 4.87. The highest BCUT2D eigenvalue weighted by atomic mass is 35.5. The van der Waals surface area contributed by atoms with Crippen LogP contribution in [0.25, 0.3) is 0 Å². The van der Waals surface area contributed by atoms with E-state index in [9.17, 15) is 0 Å². The lowest BCUT2D eigenvalue weighted by Crippen LogP contribution is -2.31. The normalized spacial score (nSPS) is 13.8. The van der Waals surface area contributed by atoms with E-state index in [1.165, 1.54) is 0 Å². The summed E-state index contributed by atoms with van der Waals surface area (Å²) in [5.74, 6) is 0.999. The molecule has 98 valence electrons. The number of halogens is 1. The van der Waals surface area contributed by atoms with Gasteiger partial charge in [-0.15, -0.1) is 0 Å². The van der Waals surface area contributed by atoms with Crippen LogP contribution in [-0.4, -0.2) is 18.2 Å². The third-order valence-corrected chi connectivity index (χ3v) is 2.50. The Morgan fingerprint density at radius 3 is 2.50 bits per heavy atom. The molecule has 0 aliphatic carbocycles. The summed E-state index contributed by atoms with van der Waals surface area (Å²) in [6.07, 6.45) is 0. The third kappa shape index (κ3) is 4.47. The molecule has 0 aromatic heterocycles. The van der Waals surface area contributed by atoms with E-state index in [4.69, 9.17) is 23.1 Å². The van der Waals surface area contributed by atoms with Gasteiger partial charge < -0.3 is 11.5 Å².